The summed E-state index contributed by atoms with van der Waals surface area (Å²) in [6, 6.07) is 0. The molecule has 0 aliphatic rings. The zero-order chi connectivity index (χ0) is 28.1. The van der Waals surface area contributed by atoms with E-state index in [2.05, 4.69) is 0 Å². The van der Waals surface area contributed by atoms with Crippen LogP contribution in [0.15, 0.2) is 0 Å². The highest BCUT2D eigenvalue weighted by atomic mass is 16.6. The summed E-state index contributed by atoms with van der Waals surface area (Å²) in [4.78, 5) is 24.0. The molecule has 0 fully saturated rings. The number of carbonyl (C=O) groups excluding carboxylic acids is 2. The lowest BCUT2D eigenvalue weighted by atomic mass is 10.1. The normalized spacial score (nSPS) is 12.8. The van der Waals surface area contributed by atoms with Gasteiger partial charge in [-0.05, 0) is 64.5 Å². The third kappa shape index (κ3) is 27.8. The van der Waals surface area contributed by atoms with E-state index in [9.17, 15) is 9.59 Å². The van der Waals surface area contributed by atoms with Crippen molar-refractivity contribution in [2.24, 2.45) is 22.9 Å². The van der Waals surface area contributed by atoms with E-state index in [4.69, 9.17) is 32.4 Å². The Morgan fingerprint density at radius 3 is 0.974 bits per heavy atom. The van der Waals surface area contributed by atoms with Crippen LogP contribution in [0.4, 0.5) is 0 Å². The van der Waals surface area contributed by atoms with E-state index in [0.717, 1.165) is 51.6 Å². The largest absolute Gasteiger partial charge is 0.447 e. The van der Waals surface area contributed by atoms with Gasteiger partial charge in [-0.3, -0.25) is 21.1 Å². The Balaban J connectivity index is 3.52. The van der Waals surface area contributed by atoms with Crippen LogP contribution in [0.2, 0.25) is 0 Å². The fourth-order valence-electron chi connectivity index (χ4n) is 4.57. The Labute approximate surface area is 233 Å². The fraction of sp³-hybridized carbons (Fsp3) is 0.933. The maximum Gasteiger partial charge on any atom is 0.307 e. The summed E-state index contributed by atoms with van der Waals surface area (Å²) in [6.07, 6.45) is 23.6. The summed E-state index contributed by atoms with van der Waals surface area (Å²) in [5.41, 5.74) is 22.9. The molecular formula is C30H62N4O4. The molecule has 0 spiro atoms. The molecule has 0 bridgehead atoms. The Kier molecular flexibility index (Phi) is 27.9. The van der Waals surface area contributed by atoms with Gasteiger partial charge in [-0.2, -0.15) is 0 Å². The van der Waals surface area contributed by atoms with Crippen LogP contribution < -0.4 is 22.9 Å². The van der Waals surface area contributed by atoms with Crippen LogP contribution >= 0.6 is 0 Å². The molecule has 2 atom stereocenters. The van der Waals surface area contributed by atoms with E-state index in [0.29, 0.717) is 25.7 Å². The van der Waals surface area contributed by atoms with Gasteiger partial charge in [0.05, 0.1) is 0 Å². The van der Waals surface area contributed by atoms with Crippen molar-refractivity contribution in [1.82, 2.24) is 0 Å². The molecule has 38 heavy (non-hydrogen) atoms. The Bertz CT molecular complexity index is 490. The standard InChI is InChI=1S/C30H62N4O4/c31-25-19-13-9-5-1-3-7-11-15-21-27(33)37-29(35)23-17-18-24-30(36)38-28(34)22-16-12-8-4-2-6-10-14-20-26-32/h27-28H,1-26,31-34H2. The minimum Gasteiger partial charge on any atom is -0.447 e. The van der Waals surface area contributed by atoms with Crippen LogP contribution in [0.5, 0.6) is 0 Å². The van der Waals surface area contributed by atoms with Crippen molar-refractivity contribution in [3.63, 3.8) is 0 Å². The minimum absolute atomic E-state index is 0.268. The number of carbonyl (C=O) groups is 2. The highest BCUT2D eigenvalue weighted by Crippen LogP contribution is 2.13. The van der Waals surface area contributed by atoms with Crippen molar-refractivity contribution in [3.8, 4) is 0 Å². The smallest absolute Gasteiger partial charge is 0.307 e. The third-order valence-electron chi connectivity index (χ3n) is 6.96. The second-order valence-corrected chi connectivity index (χ2v) is 10.8. The summed E-state index contributed by atoms with van der Waals surface area (Å²) in [6.45, 7) is 1.60. The lowest BCUT2D eigenvalue weighted by Gasteiger charge is -2.14. The molecule has 0 heterocycles. The predicted molar refractivity (Wildman–Crippen MR) is 157 cm³/mol. The second kappa shape index (κ2) is 28.8. The van der Waals surface area contributed by atoms with Crippen LogP contribution in [-0.4, -0.2) is 37.5 Å². The highest BCUT2D eigenvalue weighted by Gasteiger charge is 2.12. The molecule has 0 aromatic rings. The van der Waals surface area contributed by atoms with Gasteiger partial charge in [-0.25, -0.2) is 0 Å². The molecule has 0 radical (unpaired) electrons. The van der Waals surface area contributed by atoms with Gasteiger partial charge in [0, 0.05) is 12.8 Å². The molecule has 0 rings (SSSR count). The second-order valence-electron chi connectivity index (χ2n) is 10.8. The van der Waals surface area contributed by atoms with Gasteiger partial charge in [0.15, 0.2) is 12.5 Å². The van der Waals surface area contributed by atoms with Crippen molar-refractivity contribution < 1.29 is 19.1 Å². The molecule has 226 valence electrons. The van der Waals surface area contributed by atoms with Crippen LogP contribution in [0.25, 0.3) is 0 Å². The Morgan fingerprint density at radius 1 is 0.421 bits per heavy atom. The van der Waals surface area contributed by atoms with Gasteiger partial charge in [-0.1, -0.05) is 89.9 Å². The topological polar surface area (TPSA) is 157 Å². The number of rotatable bonds is 29. The number of unbranched alkanes of at least 4 members (excludes halogenated alkanes) is 17. The van der Waals surface area contributed by atoms with Crippen molar-refractivity contribution >= 4 is 11.9 Å². The van der Waals surface area contributed by atoms with Gasteiger partial charge in [0.1, 0.15) is 0 Å². The lowest BCUT2D eigenvalue weighted by Crippen LogP contribution is -2.27. The van der Waals surface area contributed by atoms with Crippen molar-refractivity contribution in [2.45, 2.75) is 167 Å². The highest BCUT2D eigenvalue weighted by molar-refractivity contribution is 5.70. The number of hydrogen-bond acceptors (Lipinski definition) is 8. The van der Waals surface area contributed by atoms with E-state index in [-0.39, 0.29) is 24.8 Å². The van der Waals surface area contributed by atoms with Crippen LogP contribution in [0, 0.1) is 0 Å². The van der Waals surface area contributed by atoms with Crippen LogP contribution in [0.3, 0.4) is 0 Å². The Morgan fingerprint density at radius 2 is 0.684 bits per heavy atom. The molecule has 8 heteroatoms. The zero-order valence-corrected chi connectivity index (χ0v) is 24.5. The summed E-state index contributed by atoms with van der Waals surface area (Å²) < 4.78 is 10.6. The van der Waals surface area contributed by atoms with E-state index in [1.54, 1.807) is 0 Å². The first-order valence-electron chi connectivity index (χ1n) is 15.8. The van der Waals surface area contributed by atoms with Crippen molar-refractivity contribution in [2.75, 3.05) is 13.1 Å². The quantitative estimate of drug-likeness (QED) is 0.0515. The van der Waals surface area contributed by atoms with Gasteiger partial charge in [-0.15, -0.1) is 0 Å². The SMILES string of the molecule is NCCCCCCCCCCCC(N)OC(=O)CCCCC(=O)OC(N)CCCCCCCCCCCN. The van der Waals surface area contributed by atoms with Gasteiger partial charge >= 0.3 is 11.9 Å². The maximum absolute atomic E-state index is 12.0. The van der Waals surface area contributed by atoms with E-state index >= 15 is 0 Å². The predicted octanol–water partition coefficient (Wildman–Crippen LogP) is 5.92. The van der Waals surface area contributed by atoms with Gasteiger partial charge in [0.2, 0.25) is 0 Å². The van der Waals surface area contributed by atoms with Crippen molar-refractivity contribution in [1.29, 1.82) is 0 Å². The number of nitrogens with two attached hydrogens (primary N) is 4. The van der Waals surface area contributed by atoms with Crippen LogP contribution in [0.1, 0.15) is 154 Å². The molecule has 0 aromatic heterocycles. The molecule has 8 nitrogen and oxygen atoms in total. The molecule has 0 aromatic carbocycles. The van der Waals surface area contributed by atoms with E-state index in [1.807, 2.05) is 0 Å². The molecule has 0 aliphatic heterocycles. The average Bonchev–Trinajstić information content (AvgIpc) is 2.88. The summed E-state index contributed by atoms with van der Waals surface area (Å²) in [5.74, 6) is -0.591. The first-order valence-corrected chi connectivity index (χ1v) is 15.8. The number of hydrogen-bond donors (Lipinski definition) is 4. The van der Waals surface area contributed by atoms with E-state index in [1.165, 1.54) is 77.0 Å². The summed E-state index contributed by atoms with van der Waals surface area (Å²) in [5, 5.41) is 0. The van der Waals surface area contributed by atoms with Gasteiger partial charge in [0.25, 0.3) is 0 Å². The molecule has 2 unspecified atom stereocenters. The minimum atomic E-state index is -0.539. The number of esters is 2. The summed E-state index contributed by atoms with van der Waals surface area (Å²) in [7, 11) is 0. The first-order chi connectivity index (χ1) is 18.5. The first kappa shape index (κ1) is 36.8. The Hall–Kier alpha value is -1.22. The summed E-state index contributed by atoms with van der Waals surface area (Å²) >= 11 is 0. The fourth-order valence-corrected chi connectivity index (χ4v) is 4.57. The molecule has 8 N–H and O–H groups in total. The molecular weight excluding hydrogens is 480 g/mol. The third-order valence-corrected chi connectivity index (χ3v) is 6.96. The lowest BCUT2D eigenvalue weighted by molar-refractivity contribution is -0.151. The molecule has 0 aliphatic carbocycles. The molecule has 0 saturated heterocycles. The van der Waals surface area contributed by atoms with Crippen LogP contribution in [-0.2, 0) is 19.1 Å². The van der Waals surface area contributed by atoms with Gasteiger partial charge < -0.3 is 20.9 Å². The average molecular weight is 543 g/mol. The number of ether oxygens (including phenoxy) is 2. The molecule has 0 saturated carbocycles. The maximum atomic E-state index is 12.0. The monoisotopic (exact) mass is 542 g/mol. The zero-order valence-electron chi connectivity index (χ0n) is 24.5. The molecule has 0 amide bonds. The van der Waals surface area contributed by atoms with Crippen molar-refractivity contribution in [3.05, 3.63) is 0 Å². The van der Waals surface area contributed by atoms with E-state index < -0.39 is 12.5 Å².